The van der Waals surface area contributed by atoms with Crippen molar-refractivity contribution in [3.63, 3.8) is 0 Å². The lowest BCUT2D eigenvalue weighted by Gasteiger charge is -2.02. The molecule has 0 fully saturated rings. The molecule has 2 N–H and O–H groups in total. The number of aromatic carboxylic acids is 1. The molecule has 0 saturated heterocycles. The van der Waals surface area contributed by atoms with Crippen molar-refractivity contribution in [1.29, 1.82) is 0 Å². The van der Waals surface area contributed by atoms with Gasteiger partial charge < -0.3 is 10.1 Å². The van der Waals surface area contributed by atoms with Gasteiger partial charge in [0.1, 0.15) is 15.5 Å². The molecule has 0 bridgehead atoms. The van der Waals surface area contributed by atoms with Crippen molar-refractivity contribution in [3.8, 4) is 0 Å². The standard InChI is InChI=1S/C16H11ClN2O4S/c1-7-12-14(21)18-11(19-15(12)24-13(7)16(22)23)6-10(20)8-3-2-4-9(17)5-8/h2-5H,6H2,1H3,(H,22,23)(H,18,19,21). The summed E-state index contributed by atoms with van der Waals surface area (Å²) in [5.41, 5.74) is 0.345. The van der Waals surface area contributed by atoms with Crippen LogP contribution in [0.2, 0.25) is 5.02 Å². The number of carbonyl (C=O) groups excluding carboxylic acids is 1. The Labute approximate surface area is 144 Å². The van der Waals surface area contributed by atoms with Crippen LogP contribution < -0.4 is 5.56 Å². The number of nitrogens with zero attached hydrogens (tertiary/aromatic N) is 1. The number of hydrogen-bond donors (Lipinski definition) is 2. The average Bonchev–Trinajstić information content (AvgIpc) is 2.84. The van der Waals surface area contributed by atoms with Gasteiger partial charge >= 0.3 is 5.97 Å². The first-order valence-corrected chi connectivity index (χ1v) is 8.10. The summed E-state index contributed by atoms with van der Waals surface area (Å²) < 4.78 is 0. The van der Waals surface area contributed by atoms with Crippen LogP contribution in [-0.4, -0.2) is 26.8 Å². The Morgan fingerprint density at radius 3 is 2.79 bits per heavy atom. The molecule has 8 heteroatoms. The van der Waals surface area contributed by atoms with Gasteiger partial charge in [0.05, 0.1) is 11.8 Å². The molecule has 3 rings (SSSR count). The molecule has 0 radical (unpaired) electrons. The zero-order valence-corrected chi connectivity index (χ0v) is 14.0. The quantitative estimate of drug-likeness (QED) is 0.695. The molecular formula is C16H11ClN2O4S. The van der Waals surface area contributed by atoms with Gasteiger partial charge in [-0.1, -0.05) is 23.7 Å². The molecule has 0 unspecified atom stereocenters. The fraction of sp³-hybridized carbons (Fsp3) is 0.125. The number of carboxylic acid groups (broad SMARTS) is 1. The second-order valence-corrected chi connectivity index (χ2v) is 6.60. The van der Waals surface area contributed by atoms with E-state index in [9.17, 15) is 14.4 Å². The van der Waals surface area contributed by atoms with Crippen molar-refractivity contribution in [1.82, 2.24) is 9.97 Å². The molecule has 0 amide bonds. The third-order valence-electron chi connectivity index (χ3n) is 3.52. The highest BCUT2D eigenvalue weighted by Crippen LogP contribution is 2.27. The van der Waals surface area contributed by atoms with Gasteiger partial charge in [0.25, 0.3) is 5.56 Å². The molecule has 0 atom stereocenters. The minimum absolute atomic E-state index is 0.0707. The lowest BCUT2D eigenvalue weighted by molar-refractivity contribution is 0.0701. The van der Waals surface area contributed by atoms with E-state index < -0.39 is 11.5 Å². The highest BCUT2D eigenvalue weighted by Gasteiger charge is 2.19. The summed E-state index contributed by atoms with van der Waals surface area (Å²) >= 11 is 6.79. The van der Waals surface area contributed by atoms with Crippen LogP contribution in [0, 0.1) is 6.92 Å². The van der Waals surface area contributed by atoms with Crippen LogP contribution in [0.4, 0.5) is 0 Å². The zero-order valence-electron chi connectivity index (χ0n) is 12.4. The van der Waals surface area contributed by atoms with Crippen molar-refractivity contribution >= 4 is 44.9 Å². The smallest absolute Gasteiger partial charge is 0.346 e. The lowest BCUT2D eigenvalue weighted by atomic mass is 10.1. The number of benzene rings is 1. The molecule has 0 saturated carbocycles. The minimum Gasteiger partial charge on any atom is -0.477 e. The number of halogens is 1. The summed E-state index contributed by atoms with van der Waals surface area (Å²) in [6.07, 6.45) is -0.106. The van der Waals surface area contributed by atoms with E-state index in [2.05, 4.69) is 9.97 Å². The topological polar surface area (TPSA) is 100 Å². The Kier molecular flexibility index (Phi) is 4.21. The van der Waals surface area contributed by atoms with Gasteiger partial charge in [0, 0.05) is 10.6 Å². The number of hydrogen-bond acceptors (Lipinski definition) is 5. The molecule has 0 aliphatic rings. The highest BCUT2D eigenvalue weighted by atomic mass is 35.5. The molecule has 0 spiro atoms. The number of ketones is 1. The first kappa shape index (κ1) is 16.4. The molecule has 2 heterocycles. The van der Waals surface area contributed by atoms with E-state index in [1.165, 1.54) is 0 Å². The molecule has 6 nitrogen and oxygen atoms in total. The van der Waals surface area contributed by atoms with E-state index in [-0.39, 0.29) is 28.3 Å². The fourth-order valence-electron chi connectivity index (χ4n) is 2.39. The Balaban J connectivity index is 2.00. The molecule has 3 aromatic rings. The maximum atomic E-state index is 12.3. The average molecular weight is 363 g/mol. The van der Waals surface area contributed by atoms with Crippen molar-refractivity contribution in [2.75, 3.05) is 0 Å². The first-order valence-electron chi connectivity index (χ1n) is 6.91. The summed E-state index contributed by atoms with van der Waals surface area (Å²) in [6.45, 7) is 1.57. The monoisotopic (exact) mass is 362 g/mol. The molecule has 24 heavy (non-hydrogen) atoms. The summed E-state index contributed by atoms with van der Waals surface area (Å²) in [4.78, 5) is 42.8. The van der Waals surface area contributed by atoms with E-state index in [4.69, 9.17) is 16.7 Å². The molecule has 0 aliphatic heterocycles. The number of Topliss-reactive ketones (excluding diaryl/α,β-unsaturated/α-hetero) is 1. The maximum absolute atomic E-state index is 12.3. The largest absolute Gasteiger partial charge is 0.477 e. The van der Waals surface area contributed by atoms with Gasteiger partial charge in [0.15, 0.2) is 5.78 Å². The number of carbonyl (C=O) groups is 2. The fourth-order valence-corrected chi connectivity index (χ4v) is 3.62. The zero-order chi connectivity index (χ0) is 17.4. The number of aryl methyl sites for hydroxylation is 1. The number of rotatable bonds is 4. The summed E-state index contributed by atoms with van der Waals surface area (Å²) in [6, 6.07) is 6.49. The Bertz CT molecular complexity index is 1040. The molecule has 0 aliphatic carbocycles. The van der Waals surface area contributed by atoms with Gasteiger partial charge in [-0.05, 0) is 24.6 Å². The number of fused-ring (bicyclic) bond motifs is 1. The van der Waals surface area contributed by atoms with Gasteiger partial charge in [-0.2, -0.15) is 0 Å². The lowest BCUT2D eigenvalue weighted by Crippen LogP contribution is -2.15. The molecule has 122 valence electrons. The normalized spacial score (nSPS) is 10.9. The predicted octanol–water partition coefficient (Wildman–Crippen LogP) is 3.07. The second kappa shape index (κ2) is 6.18. The van der Waals surface area contributed by atoms with Crippen molar-refractivity contribution in [2.24, 2.45) is 0 Å². The Morgan fingerprint density at radius 1 is 1.38 bits per heavy atom. The van der Waals surface area contributed by atoms with Gasteiger partial charge in [-0.3, -0.25) is 9.59 Å². The number of thiophene rings is 1. The van der Waals surface area contributed by atoms with Crippen LogP contribution in [0.3, 0.4) is 0 Å². The van der Waals surface area contributed by atoms with Crippen LogP contribution in [0.1, 0.15) is 31.4 Å². The Morgan fingerprint density at radius 2 is 2.12 bits per heavy atom. The molecule has 1 aromatic carbocycles. The van der Waals surface area contributed by atoms with Gasteiger partial charge in [-0.15, -0.1) is 11.3 Å². The summed E-state index contributed by atoms with van der Waals surface area (Å²) in [7, 11) is 0. The number of H-pyrrole nitrogens is 1. The van der Waals surface area contributed by atoms with Crippen molar-refractivity contribution in [2.45, 2.75) is 13.3 Å². The van der Waals surface area contributed by atoms with Crippen molar-refractivity contribution < 1.29 is 14.7 Å². The van der Waals surface area contributed by atoms with Crippen LogP contribution >= 0.6 is 22.9 Å². The third kappa shape index (κ3) is 2.95. The van der Waals surface area contributed by atoms with Crippen molar-refractivity contribution in [3.05, 3.63) is 61.5 Å². The molecule has 2 aromatic heterocycles. The van der Waals surface area contributed by atoms with E-state index in [1.54, 1.807) is 31.2 Å². The van der Waals surface area contributed by atoms with E-state index in [1.807, 2.05) is 0 Å². The highest BCUT2D eigenvalue weighted by molar-refractivity contribution is 7.20. The predicted molar refractivity (Wildman–Crippen MR) is 91.4 cm³/mol. The number of aromatic nitrogens is 2. The first-order chi connectivity index (χ1) is 11.4. The minimum atomic E-state index is -1.11. The van der Waals surface area contributed by atoms with Crippen LogP contribution in [-0.2, 0) is 6.42 Å². The van der Waals surface area contributed by atoms with E-state index in [0.29, 0.717) is 21.0 Å². The molecular weight excluding hydrogens is 352 g/mol. The summed E-state index contributed by atoms with van der Waals surface area (Å²) in [5.74, 6) is -1.16. The van der Waals surface area contributed by atoms with Gasteiger partial charge in [-0.25, -0.2) is 9.78 Å². The van der Waals surface area contributed by atoms with Crippen LogP contribution in [0.15, 0.2) is 29.1 Å². The van der Waals surface area contributed by atoms with E-state index >= 15 is 0 Å². The second-order valence-electron chi connectivity index (χ2n) is 5.16. The van der Waals surface area contributed by atoms with Gasteiger partial charge in [0.2, 0.25) is 0 Å². The Hall–Kier alpha value is -2.51. The number of aromatic amines is 1. The maximum Gasteiger partial charge on any atom is 0.346 e. The van der Waals surface area contributed by atoms with E-state index in [0.717, 1.165) is 11.3 Å². The number of carboxylic acids is 1. The number of nitrogens with one attached hydrogen (secondary N) is 1. The summed E-state index contributed by atoms with van der Waals surface area (Å²) in [5, 5.41) is 9.84. The van der Waals surface area contributed by atoms with Crippen LogP contribution in [0.5, 0.6) is 0 Å². The van der Waals surface area contributed by atoms with Crippen LogP contribution in [0.25, 0.3) is 10.2 Å². The SMILES string of the molecule is Cc1c(C(=O)O)sc2nc(CC(=O)c3cccc(Cl)c3)[nH]c(=O)c12. The third-order valence-corrected chi connectivity index (χ3v) is 4.93.